The summed E-state index contributed by atoms with van der Waals surface area (Å²) in [4.78, 5) is 22.9. The lowest BCUT2D eigenvalue weighted by atomic mass is 10.1. The minimum atomic E-state index is -0.997. The summed E-state index contributed by atoms with van der Waals surface area (Å²) < 4.78 is 1.93. The number of hydrazone groups is 1. The van der Waals surface area contributed by atoms with E-state index in [0.717, 1.165) is 5.56 Å². The molecule has 1 heterocycles. The molecule has 0 unspecified atom stereocenters. The molecule has 1 amide bonds. The number of nitrogens with one attached hydrogen (secondary N) is 1. The van der Waals surface area contributed by atoms with Crippen LogP contribution in [0.1, 0.15) is 22.8 Å². The first-order chi connectivity index (χ1) is 14.5. The molecule has 3 rings (SSSR count). The fourth-order valence-electron chi connectivity index (χ4n) is 2.55. The van der Waals surface area contributed by atoms with Gasteiger partial charge >= 0.3 is 5.97 Å². The number of aromatic carboxylic acids is 1. The highest BCUT2D eigenvalue weighted by Crippen LogP contribution is 2.24. The fourth-order valence-corrected chi connectivity index (χ4v) is 3.47. The van der Waals surface area contributed by atoms with E-state index < -0.39 is 5.97 Å². The molecule has 2 N–H and O–H groups in total. The van der Waals surface area contributed by atoms with Crippen LogP contribution in [-0.2, 0) is 11.3 Å². The average molecular weight is 444 g/mol. The van der Waals surface area contributed by atoms with Gasteiger partial charge in [0.05, 0.1) is 17.5 Å². The zero-order valence-corrected chi connectivity index (χ0v) is 17.5. The van der Waals surface area contributed by atoms with Gasteiger partial charge in [-0.15, -0.1) is 10.2 Å². The third-order valence-electron chi connectivity index (χ3n) is 4.03. The molecule has 0 aliphatic heterocycles. The zero-order valence-electron chi connectivity index (χ0n) is 15.9. The van der Waals surface area contributed by atoms with Crippen molar-refractivity contribution in [2.75, 3.05) is 5.75 Å². The van der Waals surface area contributed by atoms with Crippen LogP contribution in [-0.4, -0.2) is 43.7 Å². The Labute approximate surface area is 182 Å². The lowest BCUT2D eigenvalue weighted by Crippen LogP contribution is -2.20. The summed E-state index contributed by atoms with van der Waals surface area (Å²) in [5.74, 6) is -0.464. The molecule has 10 heteroatoms. The van der Waals surface area contributed by atoms with E-state index in [1.54, 1.807) is 24.3 Å². The molecule has 3 aromatic rings. The minimum absolute atomic E-state index is 0.119. The Bertz CT molecular complexity index is 1070. The van der Waals surface area contributed by atoms with E-state index in [1.165, 1.54) is 30.1 Å². The van der Waals surface area contributed by atoms with Crippen molar-refractivity contribution in [3.63, 3.8) is 0 Å². The highest BCUT2D eigenvalue weighted by atomic mass is 35.5. The van der Waals surface area contributed by atoms with Crippen molar-refractivity contribution in [1.29, 1.82) is 0 Å². The van der Waals surface area contributed by atoms with Crippen LogP contribution in [0.2, 0.25) is 5.02 Å². The smallest absolute Gasteiger partial charge is 0.335 e. The maximum atomic E-state index is 12.1. The van der Waals surface area contributed by atoms with Crippen molar-refractivity contribution in [2.24, 2.45) is 5.10 Å². The van der Waals surface area contributed by atoms with Crippen LogP contribution >= 0.6 is 23.4 Å². The van der Waals surface area contributed by atoms with Crippen LogP contribution in [0.4, 0.5) is 0 Å². The summed E-state index contributed by atoms with van der Waals surface area (Å²) in [5, 5.41) is 22.5. The second-order valence-corrected chi connectivity index (χ2v) is 7.45. The normalized spacial score (nSPS) is 11.0. The molecule has 154 valence electrons. The number of halogens is 1. The Morgan fingerprint density at radius 3 is 2.50 bits per heavy atom. The number of thioether (sulfide) groups is 1. The van der Waals surface area contributed by atoms with Gasteiger partial charge in [0.1, 0.15) is 0 Å². The first-order valence-corrected chi connectivity index (χ1v) is 10.3. The quantitative estimate of drug-likeness (QED) is 0.313. The number of nitrogens with zero attached hydrogens (tertiary/aromatic N) is 4. The summed E-state index contributed by atoms with van der Waals surface area (Å²) in [6.07, 6.45) is 1.45. The van der Waals surface area contributed by atoms with Crippen molar-refractivity contribution in [3.05, 3.63) is 64.7 Å². The number of hydrogen-bond acceptors (Lipinski definition) is 6. The maximum Gasteiger partial charge on any atom is 0.335 e. The molecular weight excluding hydrogens is 426 g/mol. The van der Waals surface area contributed by atoms with E-state index in [4.69, 9.17) is 16.7 Å². The largest absolute Gasteiger partial charge is 0.478 e. The summed E-state index contributed by atoms with van der Waals surface area (Å²) in [6.45, 7) is 2.63. The number of rotatable bonds is 8. The van der Waals surface area contributed by atoms with E-state index in [-0.39, 0.29) is 17.2 Å². The van der Waals surface area contributed by atoms with E-state index in [0.29, 0.717) is 28.1 Å². The Kier molecular flexibility index (Phi) is 7.21. The molecule has 0 aliphatic carbocycles. The van der Waals surface area contributed by atoms with Crippen molar-refractivity contribution in [1.82, 2.24) is 20.2 Å². The van der Waals surface area contributed by atoms with Crippen LogP contribution in [0.3, 0.4) is 0 Å². The van der Waals surface area contributed by atoms with Crippen LogP contribution in [0.25, 0.3) is 11.4 Å². The van der Waals surface area contributed by atoms with Gasteiger partial charge < -0.3 is 9.67 Å². The highest BCUT2D eigenvalue weighted by Gasteiger charge is 2.14. The number of carbonyl (C=O) groups is 2. The van der Waals surface area contributed by atoms with E-state index in [2.05, 4.69) is 20.7 Å². The van der Waals surface area contributed by atoms with Crippen LogP contribution in [0, 0.1) is 0 Å². The predicted molar refractivity (Wildman–Crippen MR) is 116 cm³/mol. The van der Waals surface area contributed by atoms with Gasteiger partial charge in [-0.05, 0) is 48.9 Å². The number of hydrogen-bond donors (Lipinski definition) is 2. The molecule has 0 radical (unpaired) electrons. The van der Waals surface area contributed by atoms with E-state index in [9.17, 15) is 9.59 Å². The van der Waals surface area contributed by atoms with Crippen molar-refractivity contribution in [3.8, 4) is 11.4 Å². The molecule has 0 aliphatic rings. The van der Waals surface area contributed by atoms with Gasteiger partial charge in [-0.1, -0.05) is 35.5 Å². The standard InChI is InChI=1S/C20H18ClN5O3S/c1-2-26-18(14-7-9-16(21)10-8-14)24-25-20(26)30-12-17(27)23-22-11-13-3-5-15(6-4-13)19(28)29/h3-11H,2,12H2,1H3,(H,23,27)(H,28,29)/b22-11-. The Morgan fingerprint density at radius 1 is 1.17 bits per heavy atom. The topological polar surface area (TPSA) is 109 Å². The lowest BCUT2D eigenvalue weighted by Gasteiger charge is -2.07. The number of benzene rings is 2. The molecular formula is C20H18ClN5O3S. The van der Waals surface area contributed by atoms with Crippen molar-refractivity contribution < 1.29 is 14.7 Å². The molecule has 2 aromatic carbocycles. The second-order valence-electron chi connectivity index (χ2n) is 6.07. The molecule has 0 spiro atoms. The predicted octanol–water partition coefficient (Wildman–Crippen LogP) is 3.56. The molecule has 0 saturated carbocycles. The highest BCUT2D eigenvalue weighted by molar-refractivity contribution is 7.99. The maximum absolute atomic E-state index is 12.1. The number of carboxylic acid groups (broad SMARTS) is 1. The molecule has 0 saturated heterocycles. The van der Waals surface area contributed by atoms with Crippen molar-refractivity contribution >= 4 is 41.5 Å². The van der Waals surface area contributed by atoms with Crippen LogP contribution in [0.15, 0.2) is 58.8 Å². The minimum Gasteiger partial charge on any atom is -0.478 e. The Morgan fingerprint density at radius 2 is 1.87 bits per heavy atom. The number of amides is 1. The van der Waals surface area contributed by atoms with E-state index >= 15 is 0 Å². The summed E-state index contributed by atoms with van der Waals surface area (Å²) in [5.41, 5.74) is 4.19. The van der Waals surface area contributed by atoms with Crippen LogP contribution in [0.5, 0.6) is 0 Å². The SMILES string of the molecule is CCn1c(SCC(=O)N/N=C\c2ccc(C(=O)O)cc2)nnc1-c1ccc(Cl)cc1. The van der Waals surface area contributed by atoms with Crippen molar-refractivity contribution in [2.45, 2.75) is 18.6 Å². The van der Waals surface area contributed by atoms with Gasteiger partial charge in [-0.25, -0.2) is 10.2 Å². The van der Waals surface area contributed by atoms with Gasteiger partial charge in [-0.2, -0.15) is 5.10 Å². The molecule has 0 bridgehead atoms. The summed E-state index contributed by atoms with van der Waals surface area (Å²) in [6, 6.07) is 13.5. The van der Waals surface area contributed by atoms with E-state index in [1.807, 2.05) is 23.6 Å². The molecule has 1 aromatic heterocycles. The number of carboxylic acids is 1. The second kappa shape index (κ2) is 10.0. The summed E-state index contributed by atoms with van der Waals surface area (Å²) in [7, 11) is 0. The number of carbonyl (C=O) groups excluding carboxylic acids is 1. The molecule has 30 heavy (non-hydrogen) atoms. The van der Waals surface area contributed by atoms with Gasteiger partial charge in [0, 0.05) is 17.1 Å². The Hall–Kier alpha value is -3.17. The van der Waals surface area contributed by atoms with Gasteiger partial charge in [0.2, 0.25) is 0 Å². The molecule has 0 fully saturated rings. The fraction of sp³-hybridized carbons (Fsp3) is 0.150. The number of aromatic nitrogens is 3. The lowest BCUT2D eigenvalue weighted by molar-refractivity contribution is -0.118. The van der Waals surface area contributed by atoms with Gasteiger partial charge in [-0.3, -0.25) is 4.79 Å². The Balaban J connectivity index is 1.57. The molecule has 8 nitrogen and oxygen atoms in total. The average Bonchev–Trinajstić information content (AvgIpc) is 3.16. The first kappa shape index (κ1) is 21.5. The first-order valence-electron chi connectivity index (χ1n) is 8.95. The third kappa shape index (κ3) is 5.46. The van der Waals surface area contributed by atoms with Gasteiger partial charge in [0.25, 0.3) is 5.91 Å². The molecule has 0 atom stereocenters. The van der Waals surface area contributed by atoms with Gasteiger partial charge in [0.15, 0.2) is 11.0 Å². The third-order valence-corrected chi connectivity index (χ3v) is 5.25. The zero-order chi connectivity index (χ0) is 21.5. The summed E-state index contributed by atoms with van der Waals surface area (Å²) >= 11 is 7.20. The van der Waals surface area contributed by atoms with Crippen LogP contribution < -0.4 is 5.43 Å². The monoisotopic (exact) mass is 443 g/mol.